The van der Waals surface area contributed by atoms with Crippen molar-refractivity contribution in [3.63, 3.8) is 0 Å². The Morgan fingerprint density at radius 1 is 0.500 bits per heavy atom. The Kier molecular flexibility index (Phi) is 19.0. The van der Waals surface area contributed by atoms with Crippen LogP contribution in [0.1, 0.15) is 129 Å². The summed E-state index contributed by atoms with van der Waals surface area (Å²) in [5.74, 6) is 1.02. The SMILES string of the molecule is [CH2]CCCCC(CCCCCCC)CCCCCCCCC. The normalized spacial score (nSPS) is 12.7. The Balaban J connectivity index is 3.63. The molecule has 0 heterocycles. The second kappa shape index (κ2) is 19.0. The highest BCUT2D eigenvalue weighted by atomic mass is 14.1. The van der Waals surface area contributed by atoms with E-state index in [0.717, 1.165) is 12.3 Å². The topological polar surface area (TPSA) is 0 Å². The van der Waals surface area contributed by atoms with Gasteiger partial charge in [-0.3, -0.25) is 0 Å². The lowest BCUT2D eigenvalue weighted by molar-refractivity contribution is 0.369. The van der Waals surface area contributed by atoms with Gasteiger partial charge in [-0.15, -0.1) is 0 Å². The fourth-order valence-corrected chi connectivity index (χ4v) is 3.47. The highest BCUT2D eigenvalue weighted by Crippen LogP contribution is 2.24. The molecular weight excluding hydrogens is 264 g/mol. The maximum absolute atomic E-state index is 3.99. The van der Waals surface area contributed by atoms with Gasteiger partial charge >= 0.3 is 0 Å². The van der Waals surface area contributed by atoms with Crippen molar-refractivity contribution in [1.82, 2.24) is 0 Å². The largest absolute Gasteiger partial charge is 0.0654 e. The summed E-state index contributed by atoms with van der Waals surface area (Å²) < 4.78 is 0. The molecular formula is C22H45. The van der Waals surface area contributed by atoms with E-state index in [1.807, 2.05) is 0 Å². The van der Waals surface area contributed by atoms with Crippen LogP contribution in [-0.2, 0) is 0 Å². The van der Waals surface area contributed by atoms with Crippen LogP contribution in [-0.4, -0.2) is 0 Å². The smallest absolute Gasteiger partial charge is 0.0414 e. The molecule has 0 bridgehead atoms. The molecule has 133 valence electrons. The lowest BCUT2D eigenvalue weighted by Gasteiger charge is -2.17. The third-order valence-electron chi connectivity index (χ3n) is 5.04. The number of hydrogen-bond donors (Lipinski definition) is 0. The Bertz CT molecular complexity index is 184. The van der Waals surface area contributed by atoms with Crippen LogP contribution < -0.4 is 0 Å². The number of unbranched alkanes of at least 4 members (excludes halogenated alkanes) is 12. The van der Waals surface area contributed by atoms with E-state index < -0.39 is 0 Å². The molecule has 0 aliphatic heterocycles. The molecule has 0 aromatic carbocycles. The van der Waals surface area contributed by atoms with Crippen molar-refractivity contribution in [1.29, 1.82) is 0 Å². The van der Waals surface area contributed by atoms with Gasteiger partial charge in [0.05, 0.1) is 0 Å². The Morgan fingerprint density at radius 2 is 0.864 bits per heavy atom. The van der Waals surface area contributed by atoms with E-state index in [1.54, 1.807) is 0 Å². The molecule has 0 amide bonds. The molecule has 0 saturated carbocycles. The van der Waals surface area contributed by atoms with Gasteiger partial charge in [0, 0.05) is 0 Å². The van der Waals surface area contributed by atoms with Crippen LogP contribution in [0.5, 0.6) is 0 Å². The van der Waals surface area contributed by atoms with Gasteiger partial charge in [-0.1, -0.05) is 136 Å². The molecule has 0 spiro atoms. The molecule has 0 rings (SSSR count). The predicted octanol–water partition coefficient (Wildman–Crippen LogP) is 8.50. The lowest BCUT2D eigenvalue weighted by Crippen LogP contribution is -2.01. The molecule has 0 aliphatic rings. The van der Waals surface area contributed by atoms with Gasteiger partial charge in [-0.2, -0.15) is 0 Å². The van der Waals surface area contributed by atoms with E-state index in [-0.39, 0.29) is 0 Å². The zero-order chi connectivity index (χ0) is 16.3. The molecule has 1 radical (unpaired) electrons. The first-order chi connectivity index (χ1) is 10.8. The Hall–Kier alpha value is 0. The van der Waals surface area contributed by atoms with E-state index in [4.69, 9.17) is 0 Å². The maximum Gasteiger partial charge on any atom is -0.0414 e. The molecule has 22 heavy (non-hydrogen) atoms. The van der Waals surface area contributed by atoms with Crippen LogP contribution in [0.4, 0.5) is 0 Å². The minimum absolute atomic E-state index is 1.02. The highest BCUT2D eigenvalue weighted by Gasteiger charge is 2.08. The standard InChI is InChI=1S/C22H45/c1-4-7-10-12-13-15-18-21-22(19-16-9-6-3)20-17-14-11-8-5-2/h22H,3-21H2,1-2H3. The fourth-order valence-electron chi connectivity index (χ4n) is 3.47. The van der Waals surface area contributed by atoms with Crippen LogP contribution in [0.25, 0.3) is 0 Å². The molecule has 0 fully saturated rings. The number of hydrogen-bond acceptors (Lipinski definition) is 0. The van der Waals surface area contributed by atoms with Crippen molar-refractivity contribution in [3.8, 4) is 0 Å². The average molecular weight is 310 g/mol. The van der Waals surface area contributed by atoms with E-state index in [2.05, 4.69) is 20.8 Å². The first-order valence-corrected chi connectivity index (χ1v) is 10.6. The summed E-state index contributed by atoms with van der Waals surface area (Å²) in [4.78, 5) is 0. The first kappa shape index (κ1) is 22.0. The molecule has 0 aliphatic carbocycles. The molecule has 0 aromatic rings. The summed E-state index contributed by atoms with van der Waals surface area (Å²) in [7, 11) is 0. The van der Waals surface area contributed by atoms with Crippen LogP contribution in [0.3, 0.4) is 0 Å². The quantitative estimate of drug-likeness (QED) is 0.223. The van der Waals surface area contributed by atoms with E-state index in [0.29, 0.717) is 0 Å². The van der Waals surface area contributed by atoms with Gasteiger partial charge in [0.25, 0.3) is 0 Å². The Morgan fingerprint density at radius 3 is 1.27 bits per heavy atom. The van der Waals surface area contributed by atoms with Crippen molar-refractivity contribution >= 4 is 0 Å². The van der Waals surface area contributed by atoms with Crippen LogP contribution in [0.2, 0.25) is 0 Å². The molecule has 1 atom stereocenters. The minimum atomic E-state index is 1.02. The fraction of sp³-hybridized carbons (Fsp3) is 0.955. The molecule has 0 heteroatoms. The number of rotatable bonds is 18. The second-order valence-electron chi connectivity index (χ2n) is 7.33. The summed E-state index contributed by atoms with van der Waals surface area (Å²) in [5, 5.41) is 0. The Labute approximate surface area is 142 Å². The summed E-state index contributed by atoms with van der Waals surface area (Å²) in [6, 6.07) is 0. The summed E-state index contributed by atoms with van der Waals surface area (Å²) in [5.41, 5.74) is 0. The van der Waals surface area contributed by atoms with E-state index >= 15 is 0 Å². The monoisotopic (exact) mass is 309 g/mol. The van der Waals surface area contributed by atoms with Gasteiger partial charge in [0.1, 0.15) is 0 Å². The van der Waals surface area contributed by atoms with E-state index in [1.165, 1.54) is 109 Å². The van der Waals surface area contributed by atoms with Gasteiger partial charge in [-0.25, -0.2) is 0 Å². The van der Waals surface area contributed by atoms with Crippen LogP contribution in [0, 0.1) is 12.8 Å². The first-order valence-electron chi connectivity index (χ1n) is 10.6. The van der Waals surface area contributed by atoms with Gasteiger partial charge < -0.3 is 0 Å². The zero-order valence-electron chi connectivity index (χ0n) is 16.0. The third-order valence-corrected chi connectivity index (χ3v) is 5.04. The van der Waals surface area contributed by atoms with Crippen LogP contribution in [0.15, 0.2) is 0 Å². The van der Waals surface area contributed by atoms with Crippen molar-refractivity contribution in [2.75, 3.05) is 0 Å². The highest BCUT2D eigenvalue weighted by molar-refractivity contribution is 4.62. The van der Waals surface area contributed by atoms with Gasteiger partial charge in [0.15, 0.2) is 0 Å². The van der Waals surface area contributed by atoms with Crippen molar-refractivity contribution in [2.24, 2.45) is 5.92 Å². The van der Waals surface area contributed by atoms with Gasteiger partial charge in [0.2, 0.25) is 0 Å². The summed E-state index contributed by atoms with van der Waals surface area (Å²) in [6.45, 7) is 8.60. The van der Waals surface area contributed by atoms with Gasteiger partial charge in [-0.05, 0) is 5.92 Å². The molecule has 0 N–H and O–H groups in total. The van der Waals surface area contributed by atoms with Crippen molar-refractivity contribution in [3.05, 3.63) is 6.92 Å². The lowest BCUT2D eigenvalue weighted by atomic mass is 9.89. The second-order valence-corrected chi connectivity index (χ2v) is 7.33. The zero-order valence-corrected chi connectivity index (χ0v) is 16.0. The minimum Gasteiger partial charge on any atom is -0.0654 e. The molecule has 0 aromatic heterocycles. The molecule has 0 saturated heterocycles. The van der Waals surface area contributed by atoms with Crippen molar-refractivity contribution in [2.45, 2.75) is 129 Å². The predicted molar refractivity (Wildman–Crippen MR) is 103 cm³/mol. The van der Waals surface area contributed by atoms with E-state index in [9.17, 15) is 0 Å². The molecule has 1 unspecified atom stereocenters. The molecule has 0 nitrogen and oxygen atoms in total. The average Bonchev–Trinajstić information content (AvgIpc) is 2.53. The summed E-state index contributed by atoms with van der Waals surface area (Å²) in [6.07, 6.45) is 25.7. The third kappa shape index (κ3) is 16.4. The van der Waals surface area contributed by atoms with Crippen LogP contribution >= 0.6 is 0 Å². The van der Waals surface area contributed by atoms with Crippen molar-refractivity contribution < 1.29 is 0 Å². The summed E-state index contributed by atoms with van der Waals surface area (Å²) >= 11 is 0. The maximum atomic E-state index is 3.99.